The predicted molar refractivity (Wildman–Crippen MR) is 125 cm³/mol. The van der Waals surface area contributed by atoms with Crippen LogP contribution in [0.3, 0.4) is 0 Å². The molecule has 0 unspecified atom stereocenters. The van der Waals surface area contributed by atoms with Crippen molar-refractivity contribution in [1.82, 2.24) is 0 Å². The number of benzene rings is 3. The van der Waals surface area contributed by atoms with Crippen LogP contribution in [0.15, 0.2) is 66.0 Å². The van der Waals surface area contributed by atoms with Gasteiger partial charge in [0.1, 0.15) is 16.3 Å². The Morgan fingerprint density at radius 2 is 1.74 bits per heavy atom. The standard InChI is InChI=1S/C24H18ClNO4S/c1-29-20-10-9-17(25)12-18(20)22(27)26-23-21(24(28)30-2)19(13-31-23)16-8-7-14-5-3-4-6-15(14)11-16/h3-13H,1-2H3,(H,26,27). The van der Waals surface area contributed by atoms with Crippen LogP contribution in [-0.4, -0.2) is 26.1 Å². The number of hydrogen-bond acceptors (Lipinski definition) is 5. The van der Waals surface area contributed by atoms with E-state index in [1.165, 1.54) is 31.6 Å². The number of amides is 1. The van der Waals surface area contributed by atoms with Gasteiger partial charge >= 0.3 is 5.97 Å². The number of esters is 1. The Morgan fingerprint density at radius 3 is 2.48 bits per heavy atom. The maximum absolute atomic E-state index is 12.9. The third kappa shape index (κ3) is 4.13. The summed E-state index contributed by atoms with van der Waals surface area (Å²) in [4.78, 5) is 25.6. The number of fused-ring (bicyclic) bond motifs is 1. The van der Waals surface area contributed by atoms with E-state index in [1.807, 2.05) is 47.8 Å². The van der Waals surface area contributed by atoms with Crippen LogP contribution in [-0.2, 0) is 4.74 Å². The van der Waals surface area contributed by atoms with Crippen molar-refractivity contribution in [3.05, 3.63) is 82.2 Å². The molecule has 0 spiro atoms. The highest BCUT2D eigenvalue weighted by atomic mass is 35.5. The summed E-state index contributed by atoms with van der Waals surface area (Å²) in [7, 11) is 2.79. The van der Waals surface area contributed by atoms with Gasteiger partial charge in [-0.05, 0) is 40.6 Å². The summed E-state index contributed by atoms with van der Waals surface area (Å²) in [6.07, 6.45) is 0. The van der Waals surface area contributed by atoms with Crippen molar-refractivity contribution in [3.63, 3.8) is 0 Å². The Morgan fingerprint density at radius 1 is 0.968 bits per heavy atom. The molecule has 0 saturated heterocycles. The lowest BCUT2D eigenvalue weighted by atomic mass is 10.00. The first-order chi connectivity index (χ1) is 15.0. The van der Waals surface area contributed by atoms with Crippen molar-refractivity contribution in [1.29, 1.82) is 0 Å². The number of anilines is 1. The van der Waals surface area contributed by atoms with Crippen molar-refractivity contribution in [2.75, 3.05) is 19.5 Å². The van der Waals surface area contributed by atoms with Gasteiger partial charge in [-0.1, -0.05) is 48.0 Å². The number of carbonyl (C=O) groups excluding carboxylic acids is 2. The Balaban J connectivity index is 1.75. The normalized spacial score (nSPS) is 10.7. The molecule has 1 amide bonds. The molecule has 0 aliphatic heterocycles. The lowest BCUT2D eigenvalue weighted by molar-refractivity contribution is 0.0603. The van der Waals surface area contributed by atoms with E-state index in [2.05, 4.69) is 5.32 Å². The predicted octanol–water partition coefficient (Wildman–Crippen LogP) is 6.27. The van der Waals surface area contributed by atoms with Gasteiger partial charge in [0.15, 0.2) is 0 Å². The van der Waals surface area contributed by atoms with E-state index in [4.69, 9.17) is 21.1 Å². The van der Waals surface area contributed by atoms with Crippen molar-refractivity contribution < 1.29 is 19.1 Å². The first-order valence-electron chi connectivity index (χ1n) is 9.35. The third-order valence-electron chi connectivity index (χ3n) is 4.87. The van der Waals surface area contributed by atoms with Gasteiger partial charge in [0.05, 0.1) is 19.8 Å². The van der Waals surface area contributed by atoms with Gasteiger partial charge in [0.2, 0.25) is 0 Å². The van der Waals surface area contributed by atoms with Crippen LogP contribution in [0, 0.1) is 0 Å². The van der Waals surface area contributed by atoms with Crippen LogP contribution in [0.25, 0.3) is 21.9 Å². The van der Waals surface area contributed by atoms with Crippen LogP contribution >= 0.6 is 22.9 Å². The number of halogens is 1. The third-order valence-corrected chi connectivity index (χ3v) is 6.00. The first-order valence-corrected chi connectivity index (χ1v) is 10.6. The second kappa shape index (κ2) is 8.79. The van der Waals surface area contributed by atoms with Gasteiger partial charge < -0.3 is 14.8 Å². The molecular formula is C24H18ClNO4S. The molecular weight excluding hydrogens is 434 g/mol. The van der Waals surface area contributed by atoms with Crippen LogP contribution in [0.5, 0.6) is 5.75 Å². The summed E-state index contributed by atoms with van der Waals surface area (Å²) in [5.74, 6) is -0.581. The number of methoxy groups -OCH3 is 2. The Hall–Kier alpha value is -3.35. The largest absolute Gasteiger partial charge is 0.496 e. The fraction of sp³-hybridized carbons (Fsp3) is 0.0833. The summed E-state index contributed by atoms with van der Waals surface area (Å²) >= 11 is 7.30. The molecule has 0 atom stereocenters. The monoisotopic (exact) mass is 451 g/mol. The lowest BCUT2D eigenvalue weighted by Crippen LogP contribution is -2.15. The number of nitrogens with one attached hydrogen (secondary N) is 1. The highest BCUT2D eigenvalue weighted by molar-refractivity contribution is 7.15. The SMILES string of the molecule is COC(=O)c1c(-c2ccc3ccccc3c2)csc1NC(=O)c1cc(Cl)ccc1OC. The van der Waals surface area contributed by atoms with Gasteiger partial charge in [-0.25, -0.2) is 4.79 Å². The summed E-state index contributed by atoms with van der Waals surface area (Å²) in [5.41, 5.74) is 2.12. The molecule has 0 radical (unpaired) electrons. The fourth-order valence-electron chi connectivity index (χ4n) is 3.35. The molecule has 156 valence electrons. The molecule has 1 aromatic heterocycles. The molecule has 4 aromatic rings. The van der Waals surface area contributed by atoms with E-state index in [9.17, 15) is 9.59 Å². The zero-order valence-corrected chi connectivity index (χ0v) is 18.3. The van der Waals surface area contributed by atoms with Crippen molar-refractivity contribution >= 4 is 50.6 Å². The highest BCUT2D eigenvalue weighted by Crippen LogP contribution is 2.38. The summed E-state index contributed by atoms with van der Waals surface area (Å²) < 4.78 is 10.3. The number of ether oxygens (including phenoxy) is 2. The molecule has 7 heteroatoms. The van der Waals surface area contributed by atoms with Gasteiger partial charge in [0, 0.05) is 16.0 Å². The average molecular weight is 452 g/mol. The van der Waals surface area contributed by atoms with Gasteiger partial charge in [-0.15, -0.1) is 11.3 Å². The zero-order chi connectivity index (χ0) is 22.0. The van der Waals surface area contributed by atoms with E-state index in [0.717, 1.165) is 16.3 Å². The van der Waals surface area contributed by atoms with E-state index in [1.54, 1.807) is 12.1 Å². The Kier molecular flexibility index (Phi) is 5.93. The maximum atomic E-state index is 12.9. The molecule has 31 heavy (non-hydrogen) atoms. The minimum Gasteiger partial charge on any atom is -0.496 e. The van der Waals surface area contributed by atoms with E-state index < -0.39 is 11.9 Å². The Labute approximate surface area is 188 Å². The van der Waals surface area contributed by atoms with Gasteiger partial charge in [-0.3, -0.25) is 4.79 Å². The second-order valence-electron chi connectivity index (χ2n) is 6.71. The van der Waals surface area contributed by atoms with Crippen LogP contribution < -0.4 is 10.1 Å². The number of carbonyl (C=O) groups is 2. The fourth-order valence-corrected chi connectivity index (χ4v) is 4.48. The molecule has 1 heterocycles. The van der Waals surface area contributed by atoms with E-state index in [0.29, 0.717) is 26.9 Å². The summed E-state index contributed by atoms with van der Waals surface area (Å²) in [6, 6.07) is 18.7. The van der Waals surface area contributed by atoms with Crippen LogP contribution in [0.4, 0.5) is 5.00 Å². The van der Waals surface area contributed by atoms with Crippen molar-refractivity contribution in [2.24, 2.45) is 0 Å². The van der Waals surface area contributed by atoms with Gasteiger partial charge in [0.25, 0.3) is 5.91 Å². The van der Waals surface area contributed by atoms with Crippen LogP contribution in [0.1, 0.15) is 20.7 Å². The van der Waals surface area contributed by atoms with Crippen molar-refractivity contribution in [2.45, 2.75) is 0 Å². The minimum atomic E-state index is -0.530. The number of rotatable bonds is 5. The molecule has 0 aliphatic rings. The molecule has 0 fully saturated rings. The molecule has 0 saturated carbocycles. The molecule has 0 bridgehead atoms. The van der Waals surface area contributed by atoms with Crippen LogP contribution in [0.2, 0.25) is 5.02 Å². The first kappa shape index (κ1) is 20.9. The smallest absolute Gasteiger partial charge is 0.341 e. The summed E-state index contributed by atoms with van der Waals surface area (Å²) in [6.45, 7) is 0. The number of hydrogen-bond donors (Lipinski definition) is 1. The minimum absolute atomic E-state index is 0.270. The lowest BCUT2D eigenvalue weighted by Gasteiger charge is -2.11. The van der Waals surface area contributed by atoms with E-state index >= 15 is 0 Å². The highest BCUT2D eigenvalue weighted by Gasteiger charge is 2.24. The quantitative estimate of drug-likeness (QED) is 0.363. The summed E-state index contributed by atoms with van der Waals surface area (Å²) in [5, 5.41) is 7.59. The van der Waals surface area contributed by atoms with Crippen molar-refractivity contribution in [3.8, 4) is 16.9 Å². The molecule has 0 aliphatic carbocycles. The molecule has 4 rings (SSSR count). The molecule has 3 aromatic carbocycles. The maximum Gasteiger partial charge on any atom is 0.341 e. The topological polar surface area (TPSA) is 64.6 Å². The average Bonchev–Trinajstić information content (AvgIpc) is 3.21. The van der Waals surface area contributed by atoms with E-state index in [-0.39, 0.29) is 5.56 Å². The second-order valence-corrected chi connectivity index (χ2v) is 8.02. The molecule has 1 N–H and O–H groups in total. The van der Waals surface area contributed by atoms with Gasteiger partial charge in [-0.2, -0.15) is 0 Å². The zero-order valence-electron chi connectivity index (χ0n) is 16.8. The number of thiophene rings is 1. The Bertz CT molecular complexity index is 1300. The molecule has 5 nitrogen and oxygen atoms in total.